The fraction of sp³-hybridized carbons (Fsp3) is 0.133. The van der Waals surface area contributed by atoms with Crippen molar-refractivity contribution in [2.24, 2.45) is 0 Å². The average molecular weight is 308 g/mol. The van der Waals surface area contributed by atoms with Crippen LogP contribution >= 0.6 is 11.6 Å². The molecule has 4 nitrogen and oxygen atoms in total. The van der Waals surface area contributed by atoms with Gasteiger partial charge in [-0.25, -0.2) is 4.39 Å². The van der Waals surface area contributed by atoms with E-state index in [-0.39, 0.29) is 35.3 Å². The molecule has 0 bridgehead atoms. The van der Waals surface area contributed by atoms with E-state index in [2.05, 4.69) is 17.2 Å². The van der Waals surface area contributed by atoms with Crippen LogP contribution in [0.5, 0.6) is 0 Å². The number of furan rings is 1. The first-order valence-electron chi connectivity index (χ1n) is 6.06. The molecule has 108 valence electrons. The van der Waals surface area contributed by atoms with Crippen molar-refractivity contribution in [2.75, 3.05) is 11.9 Å². The minimum absolute atomic E-state index is 0.0345. The van der Waals surface area contributed by atoms with Crippen molar-refractivity contribution in [3.05, 3.63) is 52.7 Å². The monoisotopic (exact) mass is 307 g/mol. The van der Waals surface area contributed by atoms with Crippen molar-refractivity contribution >= 4 is 23.2 Å². The third-order valence-corrected chi connectivity index (χ3v) is 2.69. The smallest absolute Gasteiger partial charge is 0.291 e. The Kier molecular flexibility index (Phi) is 4.99. The number of amides is 1. The Labute approximate surface area is 125 Å². The maximum atomic E-state index is 13.8. The summed E-state index contributed by atoms with van der Waals surface area (Å²) in [6.07, 6.45) is 0.275. The van der Waals surface area contributed by atoms with Crippen LogP contribution in [0.3, 0.4) is 0 Å². The van der Waals surface area contributed by atoms with Gasteiger partial charge in [0.2, 0.25) is 0 Å². The van der Waals surface area contributed by atoms with E-state index in [1.165, 1.54) is 24.3 Å². The summed E-state index contributed by atoms with van der Waals surface area (Å²) >= 11 is 5.57. The van der Waals surface area contributed by atoms with Crippen LogP contribution in [0.1, 0.15) is 22.5 Å². The molecule has 1 amide bonds. The van der Waals surface area contributed by atoms with Crippen LogP contribution < -0.4 is 5.32 Å². The van der Waals surface area contributed by atoms with Gasteiger partial charge in [-0.1, -0.05) is 11.8 Å². The van der Waals surface area contributed by atoms with Crippen LogP contribution in [0.2, 0.25) is 5.22 Å². The van der Waals surface area contributed by atoms with Gasteiger partial charge < -0.3 is 14.8 Å². The molecule has 0 atom stereocenters. The lowest BCUT2D eigenvalue weighted by molar-refractivity contribution is 0.0997. The van der Waals surface area contributed by atoms with Crippen LogP contribution in [0.15, 0.2) is 34.7 Å². The number of rotatable bonds is 3. The van der Waals surface area contributed by atoms with Crippen LogP contribution in [-0.2, 0) is 0 Å². The molecule has 2 N–H and O–H groups in total. The summed E-state index contributed by atoms with van der Waals surface area (Å²) in [5.41, 5.74) is 0.472. The first-order valence-corrected chi connectivity index (χ1v) is 6.44. The molecule has 0 aliphatic rings. The van der Waals surface area contributed by atoms with Crippen molar-refractivity contribution in [1.82, 2.24) is 0 Å². The molecule has 1 aromatic carbocycles. The first kappa shape index (κ1) is 15.1. The van der Waals surface area contributed by atoms with E-state index in [1.54, 1.807) is 0 Å². The SMILES string of the molecule is O=C(Nc1ccc(C#CCCO)c(F)c1)c1ccc(Cl)o1. The number of nitrogens with one attached hydrogen (secondary N) is 1. The standard InChI is InChI=1S/C15H11ClFNO3/c16-14-7-6-13(21-14)15(20)18-11-5-4-10(12(17)9-11)3-1-2-8-19/h4-7,9,19H,2,8H2,(H,18,20). The van der Waals surface area contributed by atoms with Crippen molar-refractivity contribution in [1.29, 1.82) is 0 Å². The molecule has 0 unspecified atom stereocenters. The van der Waals surface area contributed by atoms with Crippen LogP contribution in [0.25, 0.3) is 0 Å². The molecule has 6 heteroatoms. The second-order valence-corrected chi connectivity index (χ2v) is 4.40. The van der Waals surface area contributed by atoms with E-state index in [1.807, 2.05) is 0 Å². The predicted octanol–water partition coefficient (Wildman–Crippen LogP) is 3.06. The van der Waals surface area contributed by atoms with Crippen molar-refractivity contribution < 1.29 is 18.7 Å². The Morgan fingerprint density at radius 1 is 1.38 bits per heavy atom. The summed E-state index contributed by atoms with van der Waals surface area (Å²) in [4.78, 5) is 11.8. The second kappa shape index (κ2) is 6.93. The van der Waals surface area contributed by atoms with E-state index in [4.69, 9.17) is 21.1 Å². The van der Waals surface area contributed by atoms with Gasteiger partial charge in [0.15, 0.2) is 11.0 Å². The highest BCUT2D eigenvalue weighted by molar-refractivity contribution is 6.29. The molecular formula is C15H11ClFNO3. The van der Waals surface area contributed by atoms with E-state index < -0.39 is 11.7 Å². The highest BCUT2D eigenvalue weighted by Gasteiger charge is 2.11. The molecule has 0 aliphatic carbocycles. The Hall–Kier alpha value is -2.29. The average Bonchev–Trinajstić information content (AvgIpc) is 2.88. The van der Waals surface area contributed by atoms with Gasteiger partial charge in [-0.3, -0.25) is 4.79 Å². The zero-order valence-corrected chi connectivity index (χ0v) is 11.6. The Bertz CT molecular complexity index is 715. The minimum atomic E-state index is -0.560. The number of anilines is 1. The number of carbonyl (C=O) groups excluding carboxylic acids is 1. The largest absolute Gasteiger partial charge is 0.440 e. The molecule has 0 radical (unpaired) electrons. The van der Waals surface area contributed by atoms with E-state index in [0.29, 0.717) is 0 Å². The zero-order valence-electron chi connectivity index (χ0n) is 10.8. The number of carbonyl (C=O) groups is 1. The lowest BCUT2D eigenvalue weighted by Crippen LogP contribution is -2.11. The summed E-state index contributed by atoms with van der Waals surface area (Å²) < 4.78 is 18.7. The summed E-state index contributed by atoms with van der Waals surface area (Å²) in [6.45, 7) is -0.0749. The zero-order chi connectivity index (χ0) is 15.2. The predicted molar refractivity (Wildman–Crippen MR) is 76.7 cm³/mol. The van der Waals surface area contributed by atoms with Crippen molar-refractivity contribution in [3.63, 3.8) is 0 Å². The molecule has 0 saturated carbocycles. The number of aliphatic hydroxyl groups excluding tert-OH is 1. The van der Waals surface area contributed by atoms with Gasteiger partial charge in [0, 0.05) is 12.1 Å². The summed E-state index contributed by atoms with van der Waals surface area (Å²) in [5, 5.41) is 11.2. The maximum Gasteiger partial charge on any atom is 0.291 e. The summed E-state index contributed by atoms with van der Waals surface area (Å²) in [5.74, 6) is 4.17. The van der Waals surface area contributed by atoms with E-state index in [0.717, 1.165) is 6.07 Å². The second-order valence-electron chi connectivity index (χ2n) is 4.03. The molecule has 0 fully saturated rings. The molecule has 2 rings (SSSR count). The fourth-order valence-corrected chi connectivity index (χ4v) is 1.68. The van der Waals surface area contributed by atoms with E-state index in [9.17, 15) is 9.18 Å². The van der Waals surface area contributed by atoms with Gasteiger partial charge >= 0.3 is 0 Å². The highest BCUT2D eigenvalue weighted by atomic mass is 35.5. The lowest BCUT2D eigenvalue weighted by Gasteiger charge is -2.04. The topological polar surface area (TPSA) is 62.5 Å². The quantitative estimate of drug-likeness (QED) is 0.857. The lowest BCUT2D eigenvalue weighted by atomic mass is 10.2. The van der Waals surface area contributed by atoms with Crippen LogP contribution in [0, 0.1) is 17.7 Å². The fourth-order valence-electron chi connectivity index (χ4n) is 1.54. The van der Waals surface area contributed by atoms with Gasteiger partial charge in [-0.05, 0) is 41.9 Å². The Morgan fingerprint density at radius 2 is 2.19 bits per heavy atom. The Balaban J connectivity index is 2.10. The van der Waals surface area contributed by atoms with E-state index >= 15 is 0 Å². The third kappa shape index (κ3) is 4.09. The van der Waals surface area contributed by atoms with Crippen LogP contribution in [0.4, 0.5) is 10.1 Å². The molecule has 21 heavy (non-hydrogen) atoms. The van der Waals surface area contributed by atoms with Gasteiger partial charge in [-0.15, -0.1) is 0 Å². The van der Waals surface area contributed by atoms with Gasteiger partial charge in [0.1, 0.15) is 5.82 Å². The molecule has 0 saturated heterocycles. The minimum Gasteiger partial charge on any atom is -0.440 e. The number of hydrogen-bond donors (Lipinski definition) is 2. The maximum absolute atomic E-state index is 13.8. The normalized spacial score (nSPS) is 9.86. The summed E-state index contributed by atoms with van der Waals surface area (Å²) in [6, 6.07) is 6.99. The van der Waals surface area contributed by atoms with Crippen LogP contribution in [-0.4, -0.2) is 17.6 Å². The summed E-state index contributed by atoms with van der Waals surface area (Å²) in [7, 11) is 0. The molecule has 0 spiro atoms. The third-order valence-electron chi connectivity index (χ3n) is 2.48. The molecule has 0 aliphatic heterocycles. The molecular weight excluding hydrogens is 297 g/mol. The molecule has 2 aromatic rings. The first-order chi connectivity index (χ1) is 10.1. The number of halogens is 2. The van der Waals surface area contributed by atoms with Crippen molar-refractivity contribution in [2.45, 2.75) is 6.42 Å². The number of hydrogen-bond acceptors (Lipinski definition) is 3. The highest BCUT2D eigenvalue weighted by Crippen LogP contribution is 2.17. The molecule has 1 heterocycles. The number of aliphatic hydroxyl groups is 1. The van der Waals surface area contributed by atoms with Gasteiger partial charge in [-0.2, -0.15) is 0 Å². The van der Waals surface area contributed by atoms with Gasteiger partial charge in [0.25, 0.3) is 5.91 Å². The van der Waals surface area contributed by atoms with Gasteiger partial charge in [0.05, 0.1) is 12.2 Å². The van der Waals surface area contributed by atoms with Crippen molar-refractivity contribution in [3.8, 4) is 11.8 Å². The number of benzene rings is 1. The Morgan fingerprint density at radius 3 is 2.81 bits per heavy atom. The molecule has 1 aromatic heterocycles.